The van der Waals surface area contributed by atoms with Gasteiger partial charge in [0, 0.05) is 18.0 Å². The molecule has 3 nitrogen and oxygen atoms in total. The van der Waals surface area contributed by atoms with E-state index in [9.17, 15) is 0 Å². The van der Waals surface area contributed by atoms with Crippen molar-refractivity contribution in [2.75, 3.05) is 7.11 Å². The first-order chi connectivity index (χ1) is 12.2. The molecule has 1 aromatic heterocycles. The Morgan fingerprint density at radius 1 is 0.920 bits per heavy atom. The van der Waals surface area contributed by atoms with Crippen LogP contribution in [0.5, 0.6) is 11.5 Å². The molecule has 4 heteroatoms. The molecule has 0 aliphatic heterocycles. The molecule has 0 atom stereocenters. The molecule has 0 bridgehead atoms. The molecule has 0 aliphatic rings. The summed E-state index contributed by atoms with van der Waals surface area (Å²) in [6.45, 7) is 4.30. The first-order valence-electron chi connectivity index (χ1n) is 8.33. The summed E-state index contributed by atoms with van der Waals surface area (Å²) in [4.78, 5) is 1.34. The van der Waals surface area contributed by atoms with Gasteiger partial charge in [-0.1, -0.05) is 42.0 Å². The lowest BCUT2D eigenvalue weighted by atomic mass is 10.1. The van der Waals surface area contributed by atoms with Crippen molar-refractivity contribution < 1.29 is 9.47 Å². The van der Waals surface area contributed by atoms with Crippen molar-refractivity contribution in [2.45, 2.75) is 26.6 Å². The predicted molar refractivity (Wildman–Crippen MR) is 103 cm³/mol. The molecule has 0 spiro atoms. The highest BCUT2D eigenvalue weighted by atomic mass is 32.1. The lowest BCUT2D eigenvalue weighted by molar-refractivity contribution is 0.284. The third kappa shape index (κ3) is 5.08. The van der Waals surface area contributed by atoms with E-state index >= 15 is 0 Å². The average molecular weight is 353 g/mol. The third-order valence-corrected chi connectivity index (χ3v) is 4.83. The Balaban J connectivity index is 1.57. The standard InChI is InChI=1S/C21H23NO2S/c1-16-5-7-17(8-6-16)15-24-20-10-9-18(12-21(20)23-2)13-22-14-19-4-3-11-25-19/h3-12,22H,13-15H2,1-2H3. The molecule has 25 heavy (non-hydrogen) atoms. The zero-order chi connectivity index (χ0) is 17.5. The molecule has 1 heterocycles. The van der Waals surface area contributed by atoms with Crippen molar-refractivity contribution in [1.82, 2.24) is 5.32 Å². The topological polar surface area (TPSA) is 30.5 Å². The molecule has 2 aromatic carbocycles. The summed E-state index contributed by atoms with van der Waals surface area (Å²) in [5.41, 5.74) is 3.58. The molecule has 0 amide bonds. The highest BCUT2D eigenvalue weighted by molar-refractivity contribution is 7.09. The number of thiophene rings is 1. The van der Waals surface area contributed by atoms with Crippen LogP contribution in [0.25, 0.3) is 0 Å². The Bertz CT molecular complexity index is 782. The zero-order valence-electron chi connectivity index (χ0n) is 14.6. The Morgan fingerprint density at radius 2 is 1.72 bits per heavy atom. The van der Waals surface area contributed by atoms with E-state index in [0.717, 1.165) is 30.2 Å². The molecule has 130 valence electrons. The summed E-state index contributed by atoms with van der Waals surface area (Å²) >= 11 is 1.77. The minimum Gasteiger partial charge on any atom is -0.493 e. The SMILES string of the molecule is COc1cc(CNCc2cccs2)ccc1OCc1ccc(C)cc1. The van der Waals surface area contributed by atoms with Gasteiger partial charge in [-0.2, -0.15) is 0 Å². The number of ether oxygens (including phenoxy) is 2. The summed E-state index contributed by atoms with van der Waals surface area (Å²) in [6, 6.07) is 18.7. The van der Waals surface area contributed by atoms with Gasteiger partial charge in [-0.25, -0.2) is 0 Å². The lowest BCUT2D eigenvalue weighted by Gasteiger charge is -2.13. The fourth-order valence-electron chi connectivity index (χ4n) is 2.53. The second kappa shape index (κ2) is 8.70. The number of rotatable bonds is 8. The maximum atomic E-state index is 5.93. The second-order valence-electron chi connectivity index (χ2n) is 5.94. The highest BCUT2D eigenvalue weighted by Gasteiger charge is 2.06. The Morgan fingerprint density at radius 3 is 2.44 bits per heavy atom. The van der Waals surface area contributed by atoms with E-state index < -0.39 is 0 Å². The molecular formula is C21H23NO2S. The number of aryl methyl sites for hydroxylation is 1. The molecule has 3 rings (SSSR count). The minimum atomic E-state index is 0.534. The van der Waals surface area contributed by atoms with Crippen molar-refractivity contribution in [2.24, 2.45) is 0 Å². The number of methoxy groups -OCH3 is 1. The van der Waals surface area contributed by atoms with Crippen LogP contribution in [-0.2, 0) is 19.7 Å². The normalized spacial score (nSPS) is 10.6. The van der Waals surface area contributed by atoms with Gasteiger partial charge in [0.25, 0.3) is 0 Å². The number of nitrogens with one attached hydrogen (secondary N) is 1. The summed E-state index contributed by atoms with van der Waals surface area (Å²) in [6.07, 6.45) is 0. The van der Waals surface area contributed by atoms with Crippen molar-refractivity contribution in [3.05, 3.63) is 81.5 Å². The van der Waals surface area contributed by atoms with E-state index in [-0.39, 0.29) is 0 Å². The van der Waals surface area contributed by atoms with Gasteiger partial charge in [-0.3, -0.25) is 0 Å². The molecule has 0 radical (unpaired) electrons. The minimum absolute atomic E-state index is 0.534. The Kier molecular flexibility index (Phi) is 6.09. The van der Waals surface area contributed by atoms with Gasteiger partial charge in [0.2, 0.25) is 0 Å². The van der Waals surface area contributed by atoms with Gasteiger partial charge in [0.05, 0.1) is 7.11 Å². The summed E-state index contributed by atoms with van der Waals surface area (Å²) in [5.74, 6) is 1.53. The van der Waals surface area contributed by atoms with Gasteiger partial charge in [0.1, 0.15) is 6.61 Å². The fraction of sp³-hybridized carbons (Fsp3) is 0.238. The van der Waals surface area contributed by atoms with Gasteiger partial charge in [-0.15, -0.1) is 11.3 Å². The van der Waals surface area contributed by atoms with Gasteiger partial charge in [-0.05, 0) is 41.6 Å². The summed E-state index contributed by atoms with van der Waals surface area (Å²) in [7, 11) is 1.68. The van der Waals surface area contributed by atoms with Crippen LogP contribution in [-0.4, -0.2) is 7.11 Å². The quantitative estimate of drug-likeness (QED) is 0.622. The molecule has 0 unspecified atom stereocenters. The fourth-order valence-corrected chi connectivity index (χ4v) is 3.20. The molecule has 0 saturated heterocycles. The smallest absolute Gasteiger partial charge is 0.161 e. The van der Waals surface area contributed by atoms with E-state index in [4.69, 9.17) is 9.47 Å². The van der Waals surface area contributed by atoms with Crippen molar-refractivity contribution >= 4 is 11.3 Å². The largest absolute Gasteiger partial charge is 0.493 e. The van der Waals surface area contributed by atoms with Crippen LogP contribution in [0, 0.1) is 6.92 Å². The highest BCUT2D eigenvalue weighted by Crippen LogP contribution is 2.29. The predicted octanol–water partition coefficient (Wildman–Crippen LogP) is 4.93. The van der Waals surface area contributed by atoms with Crippen LogP contribution in [0.15, 0.2) is 60.0 Å². The molecule has 0 aliphatic carbocycles. The number of hydrogen-bond acceptors (Lipinski definition) is 4. The van der Waals surface area contributed by atoms with Gasteiger partial charge in [0.15, 0.2) is 11.5 Å². The maximum Gasteiger partial charge on any atom is 0.161 e. The molecular weight excluding hydrogens is 330 g/mol. The van der Waals surface area contributed by atoms with E-state index in [1.54, 1.807) is 18.4 Å². The van der Waals surface area contributed by atoms with Crippen molar-refractivity contribution in [1.29, 1.82) is 0 Å². The van der Waals surface area contributed by atoms with Crippen LogP contribution in [0.4, 0.5) is 0 Å². The Labute approximate surface area is 153 Å². The van der Waals surface area contributed by atoms with E-state index in [0.29, 0.717) is 6.61 Å². The van der Waals surface area contributed by atoms with Crippen LogP contribution in [0.3, 0.4) is 0 Å². The molecule has 0 saturated carbocycles. The second-order valence-corrected chi connectivity index (χ2v) is 6.97. The van der Waals surface area contributed by atoms with Crippen molar-refractivity contribution in [3.8, 4) is 11.5 Å². The van der Waals surface area contributed by atoms with Gasteiger partial charge >= 0.3 is 0 Å². The monoisotopic (exact) mass is 353 g/mol. The van der Waals surface area contributed by atoms with E-state index in [2.05, 4.69) is 60.1 Å². The molecule has 3 aromatic rings. The van der Waals surface area contributed by atoms with E-state index in [1.165, 1.54) is 16.0 Å². The van der Waals surface area contributed by atoms with Crippen LogP contribution in [0.1, 0.15) is 21.6 Å². The van der Waals surface area contributed by atoms with Crippen LogP contribution in [0.2, 0.25) is 0 Å². The molecule has 1 N–H and O–H groups in total. The van der Waals surface area contributed by atoms with E-state index in [1.807, 2.05) is 12.1 Å². The molecule has 0 fully saturated rings. The maximum absolute atomic E-state index is 5.93. The Hall–Kier alpha value is -2.30. The van der Waals surface area contributed by atoms with Gasteiger partial charge < -0.3 is 14.8 Å². The number of hydrogen-bond donors (Lipinski definition) is 1. The summed E-state index contributed by atoms with van der Waals surface area (Å²) < 4.78 is 11.4. The average Bonchev–Trinajstić information content (AvgIpc) is 3.15. The first-order valence-corrected chi connectivity index (χ1v) is 9.21. The lowest BCUT2D eigenvalue weighted by Crippen LogP contribution is -2.11. The first kappa shape index (κ1) is 17.5. The third-order valence-electron chi connectivity index (χ3n) is 3.95. The van der Waals surface area contributed by atoms with Crippen LogP contribution < -0.4 is 14.8 Å². The van der Waals surface area contributed by atoms with Crippen LogP contribution >= 0.6 is 11.3 Å². The van der Waals surface area contributed by atoms with Crippen molar-refractivity contribution in [3.63, 3.8) is 0 Å². The summed E-state index contributed by atoms with van der Waals surface area (Å²) in [5, 5.41) is 5.55. The zero-order valence-corrected chi connectivity index (χ0v) is 15.4. The number of benzene rings is 2.